The molecule has 2 aromatic carbocycles. The van der Waals surface area contributed by atoms with Gasteiger partial charge < -0.3 is 19.5 Å². The molecule has 1 N–H and O–H groups in total. The molecule has 0 fully saturated rings. The number of nitrogens with one attached hydrogen (secondary N) is 1. The van der Waals surface area contributed by atoms with Gasteiger partial charge in [0, 0.05) is 22.4 Å². The van der Waals surface area contributed by atoms with Gasteiger partial charge in [-0.1, -0.05) is 0 Å². The zero-order valence-electron chi connectivity index (χ0n) is 16.8. The number of carbonyl (C=O) groups excluding carboxylic acids is 1. The number of carbonyl (C=O) groups is 1. The molecule has 1 atom stereocenters. The fourth-order valence-corrected chi connectivity index (χ4v) is 4.59. The van der Waals surface area contributed by atoms with E-state index in [1.807, 2.05) is 24.3 Å². The van der Waals surface area contributed by atoms with E-state index in [9.17, 15) is 9.00 Å². The van der Waals surface area contributed by atoms with Crippen LogP contribution in [0.25, 0.3) is 5.69 Å². The van der Waals surface area contributed by atoms with Crippen LogP contribution in [0.4, 0.5) is 5.82 Å². The van der Waals surface area contributed by atoms with Gasteiger partial charge in [-0.25, -0.2) is 4.68 Å². The van der Waals surface area contributed by atoms with E-state index in [1.54, 1.807) is 37.1 Å². The van der Waals surface area contributed by atoms with E-state index in [1.165, 1.54) is 7.11 Å². The zero-order valence-corrected chi connectivity index (χ0v) is 17.6. The molecule has 4 rings (SSSR count). The van der Waals surface area contributed by atoms with Gasteiger partial charge in [0.05, 0.1) is 49.8 Å². The summed E-state index contributed by atoms with van der Waals surface area (Å²) in [5.74, 6) is 2.56. The third-order valence-corrected chi connectivity index (χ3v) is 6.08. The summed E-state index contributed by atoms with van der Waals surface area (Å²) in [6.45, 7) is 0. The normalized spacial score (nSPS) is 14.8. The lowest BCUT2D eigenvalue weighted by molar-refractivity contribution is 0.102. The van der Waals surface area contributed by atoms with Crippen molar-refractivity contribution in [3.63, 3.8) is 0 Å². The van der Waals surface area contributed by atoms with E-state index in [4.69, 9.17) is 14.2 Å². The number of amides is 1. The van der Waals surface area contributed by atoms with Crippen LogP contribution >= 0.6 is 0 Å². The SMILES string of the molecule is COc1ccc(-n2nc3c(c2NC(=O)c2ccc(OC)cc2OC)C[S@@](=O)C3)cc1. The minimum atomic E-state index is -1.03. The Morgan fingerprint density at radius 1 is 1.00 bits per heavy atom. The molecule has 0 bridgehead atoms. The standard InChI is InChI=1S/C21H21N3O5S/c1-27-14-6-4-13(5-7-14)24-20(17-11-30(26)12-18(17)23-24)22-21(25)16-9-8-15(28-2)10-19(16)29-3/h4-10H,11-12H2,1-3H3,(H,22,25)/t30-/m1/s1. The maximum absolute atomic E-state index is 13.1. The molecule has 0 saturated carbocycles. The summed E-state index contributed by atoms with van der Waals surface area (Å²) in [7, 11) is 3.61. The van der Waals surface area contributed by atoms with Crippen LogP contribution in [-0.4, -0.2) is 41.2 Å². The Hall–Kier alpha value is -3.33. The second-order valence-corrected chi connectivity index (χ2v) is 8.09. The Labute approximate surface area is 176 Å². The minimum Gasteiger partial charge on any atom is -0.497 e. The van der Waals surface area contributed by atoms with Crippen molar-refractivity contribution in [1.82, 2.24) is 9.78 Å². The van der Waals surface area contributed by atoms with E-state index in [0.29, 0.717) is 40.1 Å². The third-order valence-electron chi connectivity index (χ3n) is 4.87. The Morgan fingerprint density at radius 3 is 2.37 bits per heavy atom. The lowest BCUT2D eigenvalue weighted by Crippen LogP contribution is -2.17. The highest BCUT2D eigenvalue weighted by Gasteiger charge is 2.29. The van der Waals surface area contributed by atoms with Gasteiger partial charge >= 0.3 is 0 Å². The number of benzene rings is 2. The van der Waals surface area contributed by atoms with Gasteiger partial charge in [0.2, 0.25) is 0 Å². The van der Waals surface area contributed by atoms with Crippen LogP contribution in [0.2, 0.25) is 0 Å². The van der Waals surface area contributed by atoms with Crippen molar-refractivity contribution in [3.8, 4) is 22.9 Å². The van der Waals surface area contributed by atoms with Crippen LogP contribution in [0.3, 0.4) is 0 Å². The number of aromatic nitrogens is 2. The maximum atomic E-state index is 13.1. The first-order valence-corrected chi connectivity index (χ1v) is 10.7. The summed E-state index contributed by atoms with van der Waals surface area (Å²) in [5.41, 5.74) is 2.62. The number of rotatable bonds is 6. The lowest BCUT2D eigenvalue weighted by atomic mass is 10.1. The number of hydrogen-bond donors (Lipinski definition) is 1. The third kappa shape index (κ3) is 3.63. The number of fused-ring (bicyclic) bond motifs is 1. The van der Waals surface area contributed by atoms with Crippen LogP contribution in [0.1, 0.15) is 21.6 Å². The predicted molar refractivity (Wildman–Crippen MR) is 113 cm³/mol. The fraction of sp³-hybridized carbons (Fsp3) is 0.238. The molecule has 0 spiro atoms. The monoisotopic (exact) mass is 427 g/mol. The molecular weight excluding hydrogens is 406 g/mol. The molecule has 0 unspecified atom stereocenters. The molecular formula is C21H21N3O5S. The average molecular weight is 427 g/mol. The zero-order chi connectivity index (χ0) is 21.3. The Kier molecular flexibility index (Phi) is 5.45. The van der Waals surface area contributed by atoms with Crippen molar-refractivity contribution in [2.24, 2.45) is 0 Å². The average Bonchev–Trinajstić information content (AvgIpc) is 3.29. The van der Waals surface area contributed by atoms with Crippen LogP contribution in [0, 0.1) is 0 Å². The molecule has 3 aromatic rings. The van der Waals surface area contributed by atoms with Gasteiger partial charge in [-0.05, 0) is 36.4 Å². The second kappa shape index (κ2) is 8.19. The summed E-state index contributed by atoms with van der Waals surface area (Å²) in [5, 5.41) is 7.54. The molecule has 156 valence electrons. The first-order chi connectivity index (χ1) is 14.5. The summed E-state index contributed by atoms with van der Waals surface area (Å²) in [6.07, 6.45) is 0. The molecule has 0 radical (unpaired) electrons. The van der Waals surface area contributed by atoms with E-state index >= 15 is 0 Å². The highest BCUT2D eigenvalue weighted by molar-refractivity contribution is 7.83. The summed E-state index contributed by atoms with van der Waals surface area (Å²) in [6, 6.07) is 12.3. The van der Waals surface area contributed by atoms with Gasteiger partial charge in [0.1, 0.15) is 23.1 Å². The summed E-state index contributed by atoms with van der Waals surface area (Å²) >= 11 is 0. The predicted octanol–water partition coefficient (Wildman–Crippen LogP) is 2.91. The van der Waals surface area contributed by atoms with Gasteiger partial charge in [-0.15, -0.1) is 0 Å². The molecule has 8 nitrogen and oxygen atoms in total. The van der Waals surface area contributed by atoms with Gasteiger partial charge in [-0.3, -0.25) is 9.00 Å². The molecule has 1 aliphatic rings. The molecule has 0 aliphatic carbocycles. The first kappa shape index (κ1) is 20.0. The van der Waals surface area contributed by atoms with Crippen molar-refractivity contribution < 1.29 is 23.2 Å². The number of methoxy groups -OCH3 is 3. The molecule has 1 aliphatic heterocycles. The Morgan fingerprint density at radius 2 is 1.70 bits per heavy atom. The van der Waals surface area contributed by atoms with Gasteiger partial charge in [-0.2, -0.15) is 5.10 Å². The van der Waals surface area contributed by atoms with Crippen molar-refractivity contribution in [2.75, 3.05) is 26.6 Å². The van der Waals surface area contributed by atoms with E-state index < -0.39 is 10.8 Å². The molecule has 0 saturated heterocycles. The lowest BCUT2D eigenvalue weighted by Gasteiger charge is -2.13. The molecule has 9 heteroatoms. The largest absolute Gasteiger partial charge is 0.497 e. The Bertz CT molecular complexity index is 1120. The van der Waals surface area contributed by atoms with Crippen molar-refractivity contribution in [1.29, 1.82) is 0 Å². The smallest absolute Gasteiger partial charge is 0.260 e. The van der Waals surface area contributed by atoms with E-state index in [2.05, 4.69) is 10.4 Å². The highest BCUT2D eigenvalue weighted by atomic mass is 32.2. The molecule has 2 heterocycles. The van der Waals surface area contributed by atoms with Crippen LogP contribution < -0.4 is 19.5 Å². The summed E-state index contributed by atoms with van der Waals surface area (Å²) < 4.78 is 29.5. The number of anilines is 1. The summed E-state index contributed by atoms with van der Waals surface area (Å²) in [4.78, 5) is 13.1. The number of nitrogens with zero attached hydrogens (tertiary/aromatic N) is 2. The first-order valence-electron chi connectivity index (χ1n) is 9.17. The minimum absolute atomic E-state index is 0.348. The quantitative estimate of drug-likeness (QED) is 0.650. The Balaban J connectivity index is 1.73. The molecule has 1 aromatic heterocycles. The topological polar surface area (TPSA) is 91.7 Å². The fourth-order valence-electron chi connectivity index (χ4n) is 3.33. The van der Waals surface area contributed by atoms with Crippen LogP contribution in [-0.2, 0) is 22.3 Å². The van der Waals surface area contributed by atoms with E-state index in [-0.39, 0.29) is 5.91 Å². The van der Waals surface area contributed by atoms with Crippen molar-refractivity contribution in [3.05, 3.63) is 59.3 Å². The maximum Gasteiger partial charge on any atom is 0.260 e. The van der Waals surface area contributed by atoms with E-state index in [0.717, 1.165) is 16.9 Å². The second-order valence-electron chi connectivity index (χ2n) is 6.63. The van der Waals surface area contributed by atoms with Crippen LogP contribution in [0.15, 0.2) is 42.5 Å². The van der Waals surface area contributed by atoms with Crippen molar-refractivity contribution >= 4 is 22.5 Å². The molecule has 30 heavy (non-hydrogen) atoms. The molecule has 1 amide bonds. The number of ether oxygens (including phenoxy) is 3. The van der Waals surface area contributed by atoms with Gasteiger partial charge in [0.25, 0.3) is 5.91 Å². The highest BCUT2D eigenvalue weighted by Crippen LogP contribution is 2.33. The van der Waals surface area contributed by atoms with Gasteiger partial charge in [0.15, 0.2) is 0 Å². The van der Waals surface area contributed by atoms with Crippen molar-refractivity contribution in [2.45, 2.75) is 11.5 Å². The number of hydrogen-bond acceptors (Lipinski definition) is 6. The van der Waals surface area contributed by atoms with Crippen LogP contribution in [0.5, 0.6) is 17.2 Å².